The highest BCUT2D eigenvalue weighted by Crippen LogP contribution is 2.33. The molecule has 0 saturated carbocycles. The Bertz CT molecular complexity index is 222. The first-order valence-electron chi connectivity index (χ1n) is 6.45. The van der Waals surface area contributed by atoms with E-state index in [9.17, 15) is 4.79 Å². The van der Waals surface area contributed by atoms with E-state index >= 15 is 0 Å². The Labute approximate surface area is 98.7 Å². The predicted molar refractivity (Wildman–Crippen MR) is 65.2 cm³/mol. The van der Waals surface area contributed by atoms with Crippen LogP contribution in [-0.4, -0.2) is 25.5 Å². The Morgan fingerprint density at radius 1 is 1.44 bits per heavy atom. The molecule has 0 aromatic carbocycles. The summed E-state index contributed by atoms with van der Waals surface area (Å²) in [6, 6.07) is 0. The largest absolute Gasteiger partial charge is 0.381 e. The molecule has 0 aromatic rings. The molecule has 1 unspecified atom stereocenters. The Kier molecular flexibility index (Phi) is 5.42. The van der Waals surface area contributed by atoms with Crippen molar-refractivity contribution >= 4 is 5.78 Å². The van der Waals surface area contributed by atoms with Gasteiger partial charge in [0.15, 0.2) is 0 Å². The van der Waals surface area contributed by atoms with Gasteiger partial charge < -0.3 is 10.5 Å². The summed E-state index contributed by atoms with van der Waals surface area (Å²) in [5.41, 5.74) is 5.53. The summed E-state index contributed by atoms with van der Waals surface area (Å²) in [4.78, 5) is 12.3. The third-order valence-corrected chi connectivity index (χ3v) is 3.75. The van der Waals surface area contributed by atoms with E-state index in [2.05, 4.69) is 13.8 Å². The third kappa shape index (κ3) is 3.29. The fraction of sp³-hybridized carbons (Fsp3) is 0.923. The molecule has 0 spiro atoms. The molecule has 3 nitrogen and oxygen atoms in total. The summed E-state index contributed by atoms with van der Waals surface area (Å²) in [5, 5.41) is 0. The van der Waals surface area contributed by atoms with Crippen molar-refractivity contribution in [3.63, 3.8) is 0 Å². The van der Waals surface area contributed by atoms with Crippen molar-refractivity contribution < 1.29 is 9.53 Å². The molecule has 1 aliphatic heterocycles. The van der Waals surface area contributed by atoms with Crippen LogP contribution in [-0.2, 0) is 9.53 Å². The number of carbonyl (C=O) groups is 1. The maximum Gasteiger partial charge on any atom is 0.140 e. The normalized spacial score (nSPS) is 21.7. The van der Waals surface area contributed by atoms with Crippen LogP contribution >= 0.6 is 0 Å². The van der Waals surface area contributed by atoms with Crippen molar-refractivity contribution in [2.75, 3.05) is 19.8 Å². The zero-order valence-electron chi connectivity index (χ0n) is 10.6. The number of hydrogen-bond donors (Lipinski definition) is 1. The molecule has 2 N–H and O–H groups in total. The first kappa shape index (κ1) is 13.7. The molecule has 3 heteroatoms. The average Bonchev–Trinajstić information content (AvgIpc) is 2.30. The molecule has 94 valence electrons. The van der Waals surface area contributed by atoms with Crippen LogP contribution in [0.5, 0.6) is 0 Å². The second-order valence-corrected chi connectivity index (χ2v) is 5.12. The standard InChI is InChI=1S/C13H25NO2/c1-3-4-11(2)9-12(15)13(10-14)5-7-16-8-6-13/h11H,3-10,14H2,1-2H3. The Morgan fingerprint density at radius 2 is 2.06 bits per heavy atom. The van der Waals surface area contributed by atoms with E-state index < -0.39 is 0 Å². The lowest BCUT2D eigenvalue weighted by molar-refractivity contribution is -0.134. The highest BCUT2D eigenvalue weighted by atomic mass is 16.5. The molecule has 1 heterocycles. The van der Waals surface area contributed by atoms with Gasteiger partial charge in [-0.15, -0.1) is 0 Å². The molecule has 1 fully saturated rings. The van der Waals surface area contributed by atoms with Gasteiger partial charge in [-0.1, -0.05) is 26.7 Å². The van der Waals surface area contributed by atoms with Crippen LogP contribution < -0.4 is 5.73 Å². The van der Waals surface area contributed by atoms with Crippen LogP contribution in [0, 0.1) is 11.3 Å². The van der Waals surface area contributed by atoms with Crippen molar-refractivity contribution in [1.82, 2.24) is 0 Å². The van der Waals surface area contributed by atoms with Crippen LogP contribution in [0.2, 0.25) is 0 Å². The Balaban J connectivity index is 2.54. The quantitative estimate of drug-likeness (QED) is 0.756. The first-order chi connectivity index (χ1) is 7.64. The minimum absolute atomic E-state index is 0.278. The monoisotopic (exact) mass is 227 g/mol. The van der Waals surface area contributed by atoms with Crippen molar-refractivity contribution in [2.24, 2.45) is 17.1 Å². The molecule has 0 bridgehead atoms. The highest BCUT2D eigenvalue weighted by Gasteiger charge is 2.38. The van der Waals surface area contributed by atoms with Gasteiger partial charge in [0.05, 0.1) is 0 Å². The Morgan fingerprint density at radius 3 is 2.56 bits per heavy atom. The highest BCUT2D eigenvalue weighted by molar-refractivity contribution is 5.85. The van der Waals surface area contributed by atoms with Gasteiger partial charge in [0, 0.05) is 31.6 Å². The summed E-state index contributed by atoms with van der Waals surface area (Å²) < 4.78 is 5.32. The van der Waals surface area contributed by atoms with E-state index in [1.807, 2.05) is 0 Å². The van der Waals surface area contributed by atoms with E-state index in [1.54, 1.807) is 0 Å². The van der Waals surface area contributed by atoms with Crippen molar-refractivity contribution in [2.45, 2.75) is 46.0 Å². The maximum absolute atomic E-state index is 12.3. The summed E-state index contributed by atoms with van der Waals surface area (Å²) in [7, 11) is 0. The van der Waals surface area contributed by atoms with Gasteiger partial charge in [0.25, 0.3) is 0 Å². The van der Waals surface area contributed by atoms with Gasteiger partial charge in [-0.2, -0.15) is 0 Å². The second-order valence-electron chi connectivity index (χ2n) is 5.12. The Hall–Kier alpha value is -0.410. The topological polar surface area (TPSA) is 52.3 Å². The number of rotatable bonds is 6. The van der Waals surface area contributed by atoms with Crippen LogP contribution in [0.25, 0.3) is 0 Å². The van der Waals surface area contributed by atoms with Crippen molar-refractivity contribution in [1.29, 1.82) is 0 Å². The molecule has 1 atom stereocenters. The number of ether oxygens (including phenoxy) is 1. The number of ketones is 1. The molecule has 0 amide bonds. The molecular weight excluding hydrogens is 202 g/mol. The molecular formula is C13H25NO2. The molecule has 16 heavy (non-hydrogen) atoms. The van der Waals surface area contributed by atoms with E-state index in [0.29, 0.717) is 37.9 Å². The number of Topliss-reactive ketones (excluding diaryl/α,β-unsaturated/α-hetero) is 1. The third-order valence-electron chi connectivity index (χ3n) is 3.75. The summed E-state index contributed by atoms with van der Waals surface area (Å²) in [6.45, 7) is 6.17. The van der Waals surface area contributed by atoms with E-state index in [-0.39, 0.29) is 5.41 Å². The number of hydrogen-bond acceptors (Lipinski definition) is 3. The van der Waals surface area contributed by atoms with E-state index in [4.69, 9.17) is 10.5 Å². The molecule has 1 saturated heterocycles. The second kappa shape index (κ2) is 6.36. The predicted octanol–water partition coefficient (Wildman–Crippen LogP) is 2.14. The number of carbonyl (C=O) groups excluding carboxylic acids is 1. The van der Waals surface area contributed by atoms with Crippen LogP contribution in [0.3, 0.4) is 0 Å². The average molecular weight is 227 g/mol. The van der Waals surface area contributed by atoms with Crippen molar-refractivity contribution in [3.8, 4) is 0 Å². The lowest BCUT2D eigenvalue weighted by atomic mass is 9.73. The van der Waals surface area contributed by atoms with Gasteiger partial charge in [-0.25, -0.2) is 0 Å². The van der Waals surface area contributed by atoms with Gasteiger partial charge >= 0.3 is 0 Å². The summed E-state index contributed by atoms with van der Waals surface area (Å²) in [5.74, 6) is 0.850. The van der Waals surface area contributed by atoms with Gasteiger partial charge in [-0.05, 0) is 18.8 Å². The van der Waals surface area contributed by atoms with Gasteiger partial charge in [0.1, 0.15) is 5.78 Å². The SMILES string of the molecule is CCCC(C)CC(=O)C1(CN)CCOCC1. The fourth-order valence-corrected chi connectivity index (χ4v) is 2.49. The molecule has 1 rings (SSSR count). The van der Waals surface area contributed by atoms with Crippen LogP contribution in [0.15, 0.2) is 0 Å². The van der Waals surface area contributed by atoms with Crippen LogP contribution in [0.4, 0.5) is 0 Å². The minimum Gasteiger partial charge on any atom is -0.381 e. The minimum atomic E-state index is -0.278. The molecule has 0 radical (unpaired) electrons. The maximum atomic E-state index is 12.3. The van der Waals surface area contributed by atoms with Crippen LogP contribution in [0.1, 0.15) is 46.0 Å². The van der Waals surface area contributed by atoms with Crippen molar-refractivity contribution in [3.05, 3.63) is 0 Å². The summed E-state index contributed by atoms with van der Waals surface area (Å²) in [6.07, 6.45) is 4.57. The van der Waals surface area contributed by atoms with E-state index in [0.717, 1.165) is 25.7 Å². The number of nitrogens with two attached hydrogens (primary N) is 1. The van der Waals surface area contributed by atoms with Gasteiger partial charge in [0.2, 0.25) is 0 Å². The summed E-state index contributed by atoms with van der Waals surface area (Å²) >= 11 is 0. The molecule has 0 aromatic heterocycles. The lowest BCUT2D eigenvalue weighted by Gasteiger charge is -2.35. The molecule has 1 aliphatic rings. The zero-order chi connectivity index (χ0) is 12.0. The lowest BCUT2D eigenvalue weighted by Crippen LogP contribution is -2.43. The fourth-order valence-electron chi connectivity index (χ4n) is 2.49. The first-order valence-corrected chi connectivity index (χ1v) is 6.45. The molecule has 0 aliphatic carbocycles. The zero-order valence-corrected chi connectivity index (χ0v) is 10.6. The van der Waals surface area contributed by atoms with E-state index in [1.165, 1.54) is 0 Å². The van der Waals surface area contributed by atoms with Gasteiger partial charge in [-0.3, -0.25) is 4.79 Å². The smallest absolute Gasteiger partial charge is 0.140 e.